The summed E-state index contributed by atoms with van der Waals surface area (Å²) in [6, 6.07) is 40.8. The van der Waals surface area contributed by atoms with Crippen LogP contribution in [0.4, 0.5) is 17.1 Å². The van der Waals surface area contributed by atoms with E-state index < -0.39 is 0 Å². The Labute approximate surface area is 198 Å². The molecule has 6 aromatic rings. The van der Waals surface area contributed by atoms with Crippen LogP contribution in [-0.4, -0.2) is 6.71 Å². The Kier molecular flexibility index (Phi) is 2.93. The van der Waals surface area contributed by atoms with Crippen LogP contribution in [0.1, 0.15) is 0 Å². The zero-order valence-corrected chi connectivity index (χ0v) is 18.4. The van der Waals surface area contributed by atoms with Gasteiger partial charge in [0.05, 0.1) is 5.69 Å². The van der Waals surface area contributed by atoms with Crippen LogP contribution in [-0.2, 0) is 0 Å². The highest BCUT2D eigenvalue weighted by Gasteiger charge is 2.43. The van der Waals surface area contributed by atoms with Crippen molar-refractivity contribution in [3.05, 3.63) is 109 Å². The Morgan fingerprint density at radius 1 is 0.412 bits per heavy atom. The van der Waals surface area contributed by atoms with E-state index in [9.17, 15) is 0 Å². The molecule has 34 heavy (non-hydrogen) atoms. The molecule has 0 spiro atoms. The first-order valence-corrected chi connectivity index (χ1v) is 12.0. The second-order valence-electron chi connectivity index (χ2n) is 9.70. The minimum absolute atomic E-state index is 0.212. The summed E-state index contributed by atoms with van der Waals surface area (Å²) in [4.78, 5) is 2.61. The molecule has 0 saturated heterocycles. The average molecular weight is 427 g/mol. The summed E-state index contributed by atoms with van der Waals surface area (Å²) in [6.45, 7) is 0.212. The molecule has 0 aromatic heterocycles. The Bertz CT molecular complexity index is 1760. The number of anilines is 3. The lowest BCUT2D eigenvalue weighted by Gasteiger charge is -2.45. The van der Waals surface area contributed by atoms with Gasteiger partial charge in [0.2, 0.25) is 6.71 Å². The minimum Gasteiger partial charge on any atom is -0.309 e. The second kappa shape index (κ2) is 5.79. The van der Waals surface area contributed by atoms with Crippen molar-refractivity contribution in [2.45, 2.75) is 0 Å². The molecule has 1 nitrogen and oxygen atoms in total. The summed E-state index contributed by atoms with van der Waals surface area (Å²) in [5, 5.41) is 5.39. The SMILES string of the molecule is c1ccc(B2c3ccc4cccc5c4c3N3c4c-5cccc4-c4cccc5ccc2c3c45)cc1. The van der Waals surface area contributed by atoms with E-state index in [-0.39, 0.29) is 6.71 Å². The highest BCUT2D eigenvalue weighted by atomic mass is 15.2. The monoisotopic (exact) mass is 427 g/mol. The van der Waals surface area contributed by atoms with Crippen molar-refractivity contribution in [3.63, 3.8) is 0 Å². The molecule has 154 valence electrons. The third-order valence-corrected chi connectivity index (χ3v) is 8.14. The van der Waals surface area contributed by atoms with E-state index in [0.29, 0.717) is 0 Å². The predicted molar refractivity (Wildman–Crippen MR) is 145 cm³/mol. The number of hydrogen-bond acceptors (Lipinski definition) is 1. The van der Waals surface area contributed by atoms with Crippen LogP contribution >= 0.6 is 0 Å². The van der Waals surface area contributed by atoms with Crippen LogP contribution in [0.5, 0.6) is 0 Å². The summed E-state index contributed by atoms with van der Waals surface area (Å²) in [5.41, 5.74) is 13.6. The largest absolute Gasteiger partial charge is 0.309 e. The number of rotatable bonds is 1. The van der Waals surface area contributed by atoms with Gasteiger partial charge in [-0.3, -0.25) is 0 Å². The number of benzene rings is 6. The van der Waals surface area contributed by atoms with Gasteiger partial charge in [0, 0.05) is 33.3 Å². The highest BCUT2D eigenvalue weighted by Crippen LogP contribution is 2.59. The Hall–Kier alpha value is -4.30. The number of hydrogen-bond donors (Lipinski definition) is 0. The third kappa shape index (κ3) is 1.84. The molecule has 3 aliphatic rings. The lowest BCUT2D eigenvalue weighted by molar-refractivity contribution is 1.29. The molecular formula is C32H18BN. The fourth-order valence-corrected chi connectivity index (χ4v) is 6.88. The van der Waals surface area contributed by atoms with Crippen molar-refractivity contribution in [2.75, 3.05) is 4.90 Å². The molecular weight excluding hydrogens is 409 g/mol. The molecule has 0 atom stereocenters. The fraction of sp³-hybridized carbons (Fsp3) is 0. The average Bonchev–Trinajstić information content (AvgIpc) is 2.91. The van der Waals surface area contributed by atoms with Crippen LogP contribution in [0.2, 0.25) is 0 Å². The van der Waals surface area contributed by atoms with Crippen molar-refractivity contribution < 1.29 is 0 Å². The maximum atomic E-state index is 2.61. The van der Waals surface area contributed by atoms with E-state index in [0.717, 1.165) is 0 Å². The van der Waals surface area contributed by atoms with Crippen molar-refractivity contribution in [3.8, 4) is 22.3 Å². The molecule has 2 heteroatoms. The Morgan fingerprint density at radius 2 is 0.941 bits per heavy atom. The Balaban J connectivity index is 1.58. The molecule has 0 saturated carbocycles. The summed E-state index contributed by atoms with van der Waals surface area (Å²) in [7, 11) is 0. The fourth-order valence-electron chi connectivity index (χ4n) is 6.88. The zero-order chi connectivity index (χ0) is 22.0. The normalized spacial score (nSPS) is 13.8. The van der Waals surface area contributed by atoms with Crippen LogP contribution in [0.3, 0.4) is 0 Å². The van der Waals surface area contributed by atoms with E-state index in [1.807, 2.05) is 0 Å². The molecule has 6 aromatic carbocycles. The smallest absolute Gasteiger partial charge is 0.246 e. The topological polar surface area (TPSA) is 3.24 Å². The third-order valence-electron chi connectivity index (χ3n) is 8.14. The van der Waals surface area contributed by atoms with Crippen molar-refractivity contribution in [1.29, 1.82) is 0 Å². The minimum atomic E-state index is 0.212. The van der Waals surface area contributed by atoms with Crippen molar-refractivity contribution in [1.82, 2.24) is 0 Å². The molecule has 0 N–H and O–H groups in total. The van der Waals surface area contributed by atoms with E-state index in [1.54, 1.807) is 0 Å². The van der Waals surface area contributed by atoms with Crippen LogP contribution in [0.15, 0.2) is 109 Å². The molecule has 3 aliphatic heterocycles. The van der Waals surface area contributed by atoms with E-state index >= 15 is 0 Å². The van der Waals surface area contributed by atoms with Gasteiger partial charge in [-0.25, -0.2) is 0 Å². The first-order chi connectivity index (χ1) is 16.9. The van der Waals surface area contributed by atoms with E-state index in [4.69, 9.17) is 0 Å². The maximum absolute atomic E-state index is 2.61. The van der Waals surface area contributed by atoms with Gasteiger partial charge in [0.1, 0.15) is 0 Å². The zero-order valence-electron chi connectivity index (χ0n) is 18.4. The van der Waals surface area contributed by atoms with Gasteiger partial charge >= 0.3 is 0 Å². The quantitative estimate of drug-likeness (QED) is 0.280. The lowest BCUT2D eigenvalue weighted by atomic mass is 9.34. The number of para-hydroxylation sites is 1. The first-order valence-electron chi connectivity index (χ1n) is 12.0. The molecule has 3 heterocycles. The molecule has 0 bridgehead atoms. The molecule has 0 aliphatic carbocycles. The van der Waals surface area contributed by atoms with Gasteiger partial charge in [0.25, 0.3) is 0 Å². The summed E-state index contributed by atoms with van der Waals surface area (Å²) < 4.78 is 0. The van der Waals surface area contributed by atoms with Gasteiger partial charge in [-0.2, -0.15) is 0 Å². The van der Waals surface area contributed by atoms with Crippen LogP contribution in [0, 0.1) is 0 Å². The summed E-state index contributed by atoms with van der Waals surface area (Å²) in [5.74, 6) is 0. The summed E-state index contributed by atoms with van der Waals surface area (Å²) in [6.07, 6.45) is 0. The van der Waals surface area contributed by atoms with Gasteiger partial charge < -0.3 is 4.90 Å². The maximum Gasteiger partial charge on any atom is 0.246 e. The predicted octanol–water partition coefficient (Wildman–Crippen LogP) is 6.25. The molecule has 9 rings (SSSR count). The van der Waals surface area contributed by atoms with Crippen LogP contribution < -0.4 is 21.3 Å². The lowest BCUT2D eigenvalue weighted by Crippen LogP contribution is -2.57. The first kappa shape index (κ1) is 17.2. The van der Waals surface area contributed by atoms with Gasteiger partial charge in [-0.05, 0) is 32.8 Å². The Morgan fingerprint density at radius 3 is 1.53 bits per heavy atom. The van der Waals surface area contributed by atoms with E-state index in [2.05, 4.69) is 114 Å². The standard InChI is InChI=1S/C32H18BN/c1-2-9-21(10-3-1)33-26-17-15-19-7-4-11-22-24-13-6-14-25-23-12-5-8-20-16-18-27(33)32(29(20)23)34(30(24)25)31(26)28(19)22/h1-18H. The van der Waals surface area contributed by atoms with Gasteiger partial charge in [-0.1, -0.05) is 115 Å². The van der Waals surface area contributed by atoms with Gasteiger partial charge in [-0.15, -0.1) is 0 Å². The van der Waals surface area contributed by atoms with Crippen molar-refractivity contribution in [2.24, 2.45) is 0 Å². The van der Waals surface area contributed by atoms with Gasteiger partial charge in [0.15, 0.2) is 0 Å². The van der Waals surface area contributed by atoms with E-state index in [1.165, 1.54) is 77.2 Å². The van der Waals surface area contributed by atoms with Crippen LogP contribution in [0.25, 0.3) is 43.8 Å². The highest BCUT2D eigenvalue weighted by molar-refractivity contribution is 6.98. The molecule has 0 radical (unpaired) electrons. The molecule has 0 amide bonds. The van der Waals surface area contributed by atoms with Crippen molar-refractivity contribution >= 4 is 61.7 Å². The molecule has 0 fully saturated rings. The molecule has 0 unspecified atom stereocenters. The summed E-state index contributed by atoms with van der Waals surface area (Å²) >= 11 is 0. The number of fused-ring (bicyclic) bond motifs is 2. The number of nitrogens with zero attached hydrogens (tertiary/aromatic N) is 1. The second-order valence-corrected chi connectivity index (χ2v) is 9.70.